The molecule has 0 radical (unpaired) electrons. The summed E-state index contributed by atoms with van der Waals surface area (Å²) in [4.78, 5) is 17.9. The molecule has 0 atom stereocenters. The number of non-ortho nitro benzene ring substituents is 1. The average molecular weight is 253 g/mol. The number of aryl methyl sites for hydroxylation is 1. The van der Waals surface area contributed by atoms with Gasteiger partial charge in [-0.1, -0.05) is 6.07 Å². The lowest BCUT2D eigenvalue weighted by Crippen LogP contribution is -1.92. The molecule has 0 bridgehead atoms. The zero-order valence-corrected chi connectivity index (χ0v) is 10.3. The van der Waals surface area contributed by atoms with Gasteiger partial charge in [-0.15, -0.1) is 0 Å². The van der Waals surface area contributed by atoms with Gasteiger partial charge in [-0.2, -0.15) is 0 Å². The molecule has 2 heterocycles. The zero-order valence-electron chi connectivity index (χ0n) is 10.3. The Labute approximate surface area is 109 Å². The second kappa shape index (κ2) is 4.20. The number of nitro groups is 1. The molecule has 5 nitrogen and oxygen atoms in total. The predicted octanol–water partition coefficient (Wildman–Crippen LogP) is 3.45. The van der Waals surface area contributed by atoms with Crippen LogP contribution in [-0.2, 0) is 0 Å². The van der Waals surface area contributed by atoms with E-state index in [4.69, 9.17) is 0 Å². The van der Waals surface area contributed by atoms with E-state index < -0.39 is 4.92 Å². The Balaban J connectivity index is 2.19. The van der Waals surface area contributed by atoms with Gasteiger partial charge < -0.3 is 4.98 Å². The largest absolute Gasteiger partial charge is 0.361 e. The summed E-state index contributed by atoms with van der Waals surface area (Å²) >= 11 is 0. The van der Waals surface area contributed by atoms with E-state index in [2.05, 4.69) is 9.97 Å². The molecule has 2 aromatic heterocycles. The summed E-state index contributed by atoms with van der Waals surface area (Å²) in [6.45, 7) is 1.92. The van der Waals surface area contributed by atoms with E-state index >= 15 is 0 Å². The Morgan fingerprint density at radius 3 is 2.89 bits per heavy atom. The Bertz CT molecular complexity index is 777. The van der Waals surface area contributed by atoms with Crippen LogP contribution >= 0.6 is 0 Å². The van der Waals surface area contributed by atoms with Crippen molar-refractivity contribution in [3.63, 3.8) is 0 Å². The van der Waals surface area contributed by atoms with Crippen LogP contribution in [0.4, 0.5) is 5.69 Å². The molecular weight excluding hydrogens is 242 g/mol. The minimum Gasteiger partial charge on any atom is -0.361 e. The predicted molar refractivity (Wildman–Crippen MR) is 72.9 cm³/mol. The first-order valence-corrected chi connectivity index (χ1v) is 5.84. The summed E-state index contributed by atoms with van der Waals surface area (Å²) < 4.78 is 0. The topological polar surface area (TPSA) is 71.8 Å². The van der Waals surface area contributed by atoms with Crippen molar-refractivity contribution < 1.29 is 4.92 Å². The minimum absolute atomic E-state index is 0.0778. The Hall–Kier alpha value is -2.69. The highest BCUT2D eigenvalue weighted by Gasteiger charge is 2.11. The van der Waals surface area contributed by atoms with Crippen LogP contribution in [0.2, 0.25) is 0 Å². The molecule has 1 N–H and O–H groups in total. The second-order valence-electron chi connectivity index (χ2n) is 4.39. The lowest BCUT2D eigenvalue weighted by Gasteiger charge is -2.05. The maximum absolute atomic E-state index is 10.8. The third-order valence-corrected chi connectivity index (χ3v) is 3.14. The number of nitrogens with one attached hydrogen (secondary N) is 1. The summed E-state index contributed by atoms with van der Waals surface area (Å²) in [6, 6.07) is 8.65. The zero-order chi connectivity index (χ0) is 13.4. The number of hydrogen-bond acceptors (Lipinski definition) is 3. The van der Waals surface area contributed by atoms with Gasteiger partial charge in [-0.3, -0.25) is 15.1 Å². The van der Waals surface area contributed by atoms with Crippen molar-refractivity contribution >= 4 is 16.6 Å². The molecule has 0 saturated carbocycles. The summed E-state index contributed by atoms with van der Waals surface area (Å²) in [5.74, 6) is 0. The molecule has 1 aromatic carbocycles. The van der Waals surface area contributed by atoms with E-state index in [0.717, 1.165) is 27.7 Å². The molecule has 5 heteroatoms. The first kappa shape index (κ1) is 11.4. The van der Waals surface area contributed by atoms with Crippen LogP contribution in [0.1, 0.15) is 5.56 Å². The smallest absolute Gasteiger partial charge is 0.270 e. The van der Waals surface area contributed by atoms with Crippen LogP contribution < -0.4 is 0 Å². The highest BCUT2D eigenvalue weighted by molar-refractivity contribution is 5.83. The molecule has 3 aromatic rings. The van der Waals surface area contributed by atoms with E-state index in [1.807, 2.05) is 25.3 Å². The van der Waals surface area contributed by atoms with E-state index in [1.54, 1.807) is 18.3 Å². The van der Waals surface area contributed by atoms with E-state index in [0.29, 0.717) is 0 Å². The summed E-state index contributed by atoms with van der Waals surface area (Å²) in [6.07, 6.45) is 3.61. The number of hydrogen-bond donors (Lipinski definition) is 1. The van der Waals surface area contributed by atoms with Crippen LogP contribution in [-0.4, -0.2) is 14.9 Å². The SMILES string of the molecule is Cc1ccc([N+](=O)[O-])cc1-c1cc2[nH]ccc2cn1. The number of nitrogens with zero attached hydrogens (tertiary/aromatic N) is 2. The third kappa shape index (κ3) is 1.95. The summed E-state index contributed by atoms with van der Waals surface area (Å²) in [5.41, 5.74) is 3.52. The van der Waals surface area contributed by atoms with Gasteiger partial charge in [-0.25, -0.2) is 0 Å². The van der Waals surface area contributed by atoms with Gasteiger partial charge in [0, 0.05) is 41.0 Å². The molecule has 0 fully saturated rings. The van der Waals surface area contributed by atoms with Crippen molar-refractivity contribution in [1.82, 2.24) is 9.97 Å². The van der Waals surface area contributed by atoms with Gasteiger partial charge in [0.15, 0.2) is 0 Å². The molecule has 0 aliphatic heterocycles. The summed E-state index contributed by atoms with van der Waals surface area (Å²) in [7, 11) is 0. The van der Waals surface area contributed by atoms with Crippen LogP contribution in [0.3, 0.4) is 0 Å². The second-order valence-corrected chi connectivity index (χ2v) is 4.39. The van der Waals surface area contributed by atoms with Gasteiger partial charge in [0.25, 0.3) is 5.69 Å². The van der Waals surface area contributed by atoms with Gasteiger partial charge in [0.05, 0.1) is 10.6 Å². The highest BCUT2D eigenvalue weighted by Crippen LogP contribution is 2.27. The molecule has 0 spiro atoms. The molecule has 0 saturated heterocycles. The molecule has 0 aliphatic rings. The first-order valence-electron chi connectivity index (χ1n) is 5.84. The van der Waals surface area contributed by atoms with Crippen molar-refractivity contribution in [2.75, 3.05) is 0 Å². The normalized spacial score (nSPS) is 10.8. The fourth-order valence-corrected chi connectivity index (χ4v) is 2.09. The Kier molecular flexibility index (Phi) is 2.52. The number of fused-ring (bicyclic) bond motifs is 1. The van der Waals surface area contributed by atoms with Gasteiger partial charge in [-0.05, 0) is 24.6 Å². The molecule has 3 rings (SSSR count). The van der Waals surface area contributed by atoms with Crippen molar-refractivity contribution in [3.05, 3.63) is 58.4 Å². The van der Waals surface area contributed by atoms with Crippen LogP contribution in [0.15, 0.2) is 42.7 Å². The summed E-state index contributed by atoms with van der Waals surface area (Å²) in [5, 5.41) is 11.9. The first-order chi connectivity index (χ1) is 9.15. The molecule has 0 aliphatic carbocycles. The standard InChI is InChI=1S/C14H11N3O2/c1-9-2-3-11(17(18)19)6-12(9)14-7-13-10(8-16-14)4-5-15-13/h2-8,15H,1H3. The minimum atomic E-state index is -0.393. The molecule has 94 valence electrons. The average Bonchev–Trinajstić information content (AvgIpc) is 2.86. The Morgan fingerprint density at radius 2 is 2.11 bits per heavy atom. The molecule has 19 heavy (non-hydrogen) atoms. The van der Waals surface area contributed by atoms with Crippen LogP contribution in [0.5, 0.6) is 0 Å². The number of pyridine rings is 1. The van der Waals surface area contributed by atoms with E-state index in [1.165, 1.54) is 6.07 Å². The van der Waals surface area contributed by atoms with Gasteiger partial charge in [0.1, 0.15) is 0 Å². The van der Waals surface area contributed by atoms with Crippen molar-refractivity contribution in [3.8, 4) is 11.3 Å². The number of aromatic nitrogens is 2. The number of rotatable bonds is 2. The van der Waals surface area contributed by atoms with Crippen LogP contribution in [0.25, 0.3) is 22.2 Å². The van der Waals surface area contributed by atoms with Crippen molar-refractivity contribution in [1.29, 1.82) is 0 Å². The number of nitro benzene ring substituents is 1. The van der Waals surface area contributed by atoms with E-state index in [9.17, 15) is 10.1 Å². The number of H-pyrrole nitrogens is 1. The maximum Gasteiger partial charge on any atom is 0.270 e. The fraction of sp³-hybridized carbons (Fsp3) is 0.0714. The number of aromatic amines is 1. The molecule has 0 unspecified atom stereocenters. The molecule has 0 amide bonds. The van der Waals surface area contributed by atoms with E-state index in [-0.39, 0.29) is 5.69 Å². The third-order valence-electron chi connectivity index (χ3n) is 3.14. The Morgan fingerprint density at radius 1 is 1.26 bits per heavy atom. The highest BCUT2D eigenvalue weighted by atomic mass is 16.6. The van der Waals surface area contributed by atoms with Gasteiger partial charge >= 0.3 is 0 Å². The van der Waals surface area contributed by atoms with Crippen LogP contribution in [0, 0.1) is 17.0 Å². The fourth-order valence-electron chi connectivity index (χ4n) is 2.09. The van der Waals surface area contributed by atoms with Crippen molar-refractivity contribution in [2.45, 2.75) is 6.92 Å². The number of benzene rings is 1. The maximum atomic E-state index is 10.8. The molecular formula is C14H11N3O2. The quantitative estimate of drug-likeness (QED) is 0.561. The van der Waals surface area contributed by atoms with Gasteiger partial charge in [0.2, 0.25) is 0 Å². The lowest BCUT2D eigenvalue weighted by molar-refractivity contribution is -0.384. The lowest BCUT2D eigenvalue weighted by atomic mass is 10.0. The monoisotopic (exact) mass is 253 g/mol. The van der Waals surface area contributed by atoms with Crippen molar-refractivity contribution in [2.24, 2.45) is 0 Å².